The molecule has 0 heterocycles. The lowest BCUT2D eigenvalue weighted by molar-refractivity contribution is 1.25. The molecule has 0 saturated heterocycles. The predicted molar refractivity (Wildman–Crippen MR) is 206 cm³/mol. The third kappa shape index (κ3) is 6.70. The number of para-hydroxylation sites is 4. The van der Waals surface area contributed by atoms with Crippen LogP contribution < -0.4 is 9.80 Å². The summed E-state index contributed by atoms with van der Waals surface area (Å²) in [5, 5.41) is 0. The molecule has 0 fully saturated rings. The molecule has 0 aliphatic carbocycles. The third-order valence-corrected chi connectivity index (χ3v) is 8.73. The van der Waals surface area contributed by atoms with Crippen LogP contribution in [0.3, 0.4) is 0 Å². The summed E-state index contributed by atoms with van der Waals surface area (Å²) >= 11 is 0. The molecule has 0 N–H and O–H groups in total. The van der Waals surface area contributed by atoms with Crippen molar-refractivity contribution >= 4 is 46.3 Å². The second-order valence-electron chi connectivity index (χ2n) is 12.0. The quantitative estimate of drug-likeness (QED) is 0.149. The molecule has 7 aromatic carbocycles. The van der Waals surface area contributed by atoms with Gasteiger partial charge < -0.3 is 9.80 Å². The summed E-state index contributed by atoms with van der Waals surface area (Å²) in [4.78, 5) is 4.64. The fraction of sp³-hybridized carbons (Fsp3) is 0.0435. The summed E-state index contributed by atoms with van der Waals surface area (Å²) in [7, 11) is 0. The Hall–Kier alpha value is -6.12. The van der Waals surface area contributed by atoms with Gasteiger partial charge in [-0.15, -0.1) is 0 Å². The summed E-state index contributed by atoms with van der Waals surface area (Å²) in [5.41, 5.74) is 14.1. The first kappa shape index (κ1) is 30.5. The largest absolute Gasteiger partial charge is 0.310 e. The van der Waals surface area contributed by atoms with Crippen LogP contribution >= 0.6 is 0 Å². The Balaban J connectivity index is 1.08. The van der Waals surface area contributed by atoms with E-state index in [1.54, 1.807) is 0 Å². The number of anilines is 6. The molecule has 0 aliphatic rings. The Morgan fingerprint density at radius 1 is 0.312 bits per heavy atom. The maximum absolute atomic E-state index is 2.32. The molecule has 0 aliphatic heterocycles. The van der Waals surface area contributed by atoms with E-state index < -0.39 is 0 Å². The van der Waals surface area contributed by atoms with Gasteiger partial charge in [-0.1, -0.05) is 133 Å². The molecule has 0 unspecified atom stereocenters. The van der Waals surface area contributed by atoms with E-state index in [2.05, 4.69) is 218 Å². The monoisotopic (exact) mass is 618 g/mol. The molecule has 0 aromatic heterocycles. The van der Waals surface area contributed by atoms with Crippen molar-refractivity contribution in [3.05, 3.63) is 204 Å². The normalized spacial score (nSPS) is 11.0. The summed E-state index contributed by atoms with van der Waals surface area (Å²) in [6.07, 6.45) is 4.36. The van der Waals surface area contributed by atoms with E-state index in [9.17, 15) is 0 Å². The van der Waals surface area contributed by atoms with Crippen LogP contribution in [0.2, 0.25) is 0 Å². The zero-order chi connectivity index (χ0) is 32.7. The van der Waals surface area contributed by atoms with Crippen LogP contribution in [0.5, 0.6) is 0 Å². The lowest BCUT2D eigenvalue weighted by Gasteiger charge is -2.27. The highest BCUT2D eigenvalue weighted by Gasteiger charge is 2.15. The molecular weight excluding hydrogens is 581 g/mol. The Bertz CT molecular complexity index is 2110. The highest BCUT2D eigenvalue weighted by atomic mass is 15.1. The van der Waals surface area contributed by atoms with Crippen LogP contribution in [0.25, 0.3) is 23.3 Å². The SMILES string of the molecule is Cc1ccccc1N(c1ccccc1)c1ccc(/C=C/c2ccc(-c3ccc(N(c4ccccc4)c4ccccc4C)cc3)cc2)cc1. The number of hydrogen-bond acceptors (Lipinski definition) is 2. The van der Waals surface area contributed by atoms with E-state index in [-0.39, 0.29) is 0 Å². The number of hydrogen-bond donors (Lipinski definition) is 0. The minimum Gasteiger partial charge on any atom is -0.310 e. The number of aryl methyl sites for hydroxylation is 2. The zero-order valence-corrected chi connectivity index (χ0v) is 27.4. The van der Waals surface area contributed by atoms with Crippen molar-refractivity contribution in [2.45, 2.75) is 13.8 Å². The first-order valence-electron chi connectivity index (χ1n) is 16.4. The van der Waals surface area contributed by atoms with Crippen molar-refractivity contribution in [2.24, 2.45) is 0 Å². The van der Waals surface area contributed by atoms with Gasteiger partial charge >= 0.3 is 0 Å². The first-order chi connectivity index (χ1) is 23.6. The fourth-order valence-corrected chi connectivity index (χ4v) is 6.15. The number of rotatable bonds is 9. The van der Waals surface area contributed by atoms with Gasteiger partial charge in [0.25, 0.3) is 0 Å². The maximum atomic E-state index is 2.32. The van der Waals surface area contributed by atoms with Gasteiger partial charge in [0.15, 0.2) is 0 Å². The van der Waals surface area contributed by atoms with Gasteiger partial charge in [-0.05, 0) is 108 Å². The second kappa shape index (κ2) is 14.1. The summed E-state index contributed by atoms with van der Waals surface area (Å²) in [6, 6.07) is 64.6. The molecule has 2 heteroatoms. The smallest absolute Gasteiger partial charge is 0.0490 e. The van der Waals surface area contributed by atoms with Crippen LogP contribution in [0, 0.1) is 13.8 Å². The molecule has 7 aromatic rings. The van der Waals surface area contributed by atoms with Crippen molar-refractivity contribution in [3.8, 4) is 11.1 Å². The van der Waals surface area contributed by atoms with Crippen molar-refractivity contribution in [2.75, 3.05) is 9.80 Å². The van der Waals surface area contributed by atoms with Crippen LogP contribution in [0.1, 0.15) is 22.3 Å². The average molecular weight is 619 g/mol. The van der Waals surface area contributed by atoms with Gasteiger partial charge in [0, 0.05) is 34.1 Å². The van der Waals surface area contributed by atoms with Gasteiger partial charge in [-0.2, -0.15) is 0 Å². The third-order valence-electron chi connectivity index (χ3n) is 8.73. The molecule has 0 radical (unpaired) electrons. The zero-order valence-electron chi connectivity index (χ0n) is 27.4. The van der Waals surface area contributed by atoms with E-state index >= 15 is 0 Å². The van der Waals surface area contributed by atoms with Crippen molar-refractivity contribution in [3.63, 3.8) is 0 Å². The molecule has 48 heavy (non-hydrogen) atoms. The van der Waals surface area contributed by atoms with Crippen molar-refractivity contribution in [1.82, 2.24) is 0 Å². The van der Waals surface area contributed by atoms with Gasteiger partial charge in [0.1, 0.15) is 0 Å². The van der Waals surface area contributed by atoms with Gasteiger partial charge in [0.05, 0.1) is 0 Å². The molecule has 0 spiro atoms. The lowest BCUT2D eigenvalue weighted by Crippen LogP contribution is -2.11. The minimum atomic E-state index is 1.13. The highest BCUT2D eigenvalue weighted by molar-refractivity contribution is 5.81. The molecule has 0 bridgehead atoms. The average Bonchev–Trinajstić information content (AvgIpc) is 3.15. The Morgan fingerprint density at radius 2 is 0.625 bits per heavy atom. The van der Waals surface area contributed by atoms with E-state index in [1.165, 1.54) is 39.2 Å². The van der Waals surface area contributed by atoms with Crippen molar-refractivity contribution < 1.29 is 0 Å². The second-order valence-corrected chi connectivity index (χ2v) is 12.0. The Kier molecular flexibility index (Phi) is 8.97. The van der Waals surface area contributed by atoms with Gasteiger partial charge in [-0.25, -0.2) is 0 Å². The fourth-order valence-electron chi connectivity index (χ4n) is 6.15. The topological polar surface area (TPSA) is 6.48 Å². The number of benzene rings is 7. The number of nitrogens with zero attached hydrogens (tertiary/aromatic N) is 2. The molecule has 2 nitrogen and oxygen atoms in total. The summed E-state index contributed by atoms with van der Waals surface area (Å²) in [5.74, 6) is 0. The molecule has 0 saturated carbocycles. The summed E-state index contributed by atoms with van der Waals surface area (Å²) < 4.78 is 0. The van der Waals surface area contributed by atoms with Gasteiger partial charge in [-0.3, -0.25) is 0 Å². The predicted octanol–water partition coefficient (Wildman–Crippen LogP) is 13.1. The molecule has 0 atom stereocenters. The van der Waals surface area contributed by atoms with E-state index in [0.717, 1.165) is 28.3 Å². The standard InChI is InChI=1S/C46H38N2/c1-35-13-9-11-19-45(35)47(41-15-5-3-6-16-41)43-31-25-38(26-32-43)22-21-37-23-27-39(28-24-37)40-29-33-44(34-30-40)48(42-17-7-4-8-18-42)46-20-12-10-14-36(46)2/h3-34H,1-2H3/b22-21+. The van der Waals surface area contributed by atoms with Gasteiger partial charge in [0.2, 0.25) is 0 Å². The highest BCUT2D eigenvalue weighted by Crippen LogP contribution is 2.38. The minimum absolute atomic E-state index is 1.13. The van der Waals surface area contributed by atoms with Crippen LogP contribution in [-0.2, 0) is 0 Å². The molecular formula is C46H38N2. The van der Waals surface area contributed by atoms with Crippen LogP contribution in [-0.4, -0.2) is 0 Å². The molecule has 7 rings (SSSR count). The lowest BCUT2D eigenvalue weighted by atomic mass is 10.0. The molecule has 0 amide bonds. The van der Waals surface area contributed by atoms with Crippen LogP contribution in [0.4, 0.5) is 34.1 Å². The summed E-state index contributed by atoms with van der Waals surface area (Å²) in [6.45, 7) is 4.33. The van der Waals surface area contributed by atoms with Crippen LogP contribution in [0.15, 0.2) is 182 Å². The van der Waals surface area contributed by atoms with E-state index in [1.807, 2.05) is 0 Å². The molecule has 232 valence electrons. The maximum Gasteiger partial charge on any atom is 0.0490 e. The first-order valence-corrected chi connectivity index (χ1v) is 16.4. The van der Waals surface area contributed by atoms with Crippen molar-refractivity contribution in [1.29, 1.82) is 0 Å². The Morgan fingerprint density at radius 3 is 1.04 bits per heavy atom. The van der Waals surface area contributed by atoms with E-state index in [4.69, 9.17) is 0 Å². The van der Waals surface area contributed by atoms with E-state index in [0.29, 0.717) is 0 Å². The Labute approximate surface area is 284 Å².